The molecule has 1 unspecified atom stereocenters. The minimum Gasteiger partial charge on any atom is -0.292 e. The van der Waals surface area contributed by atoms with Crippen molar-refractivity contribution >= 4 is 0 Å². The van der Waals surface area contributed by atoms with Gasteiger partial charge in [-0.15, -0.1) is 0 Å². The van der Waals surface area contributed by atoms with Crippen LogP contribution >= 0.6 is 0 Å². The second kappa shape index (κ2) is 7.25. The van der Waals surface area contributed by atoms with E-state index in [1.54, 1.807) is 0 Å². The van der Waals surface area contributed by atoms with Crippen molar-refractivity contribution in [3.63, 3.8) is 0 Å². The molecule has 0 aromatic heterocycles. The maximum absolute atomic E-state index is 2.66. The summed E-state index contributed by atoms with van der Waals surface area (Å²) in [6.45, 7) is 4.38. The third-order valence-corrected chi connectivity index (χ3v) is 5.39. The molecule has 1 aliphatic heterocycles. The zero-order valence-corrected chi connectivity index (χ0v) is 14.9. The summed E-state index contributed by atoms with van der Waals surface area (Å²) in [4.78, 5) is 2.66. The monoisotopic (exact) mass is 327 g/mol. The van der Waals surface area contributed by atoms with Gasteiger partial charge >= 0.3 is 0 Å². The summed E-state index contributed by atoms with van der Waals surface area (Å²) in [6.07, 6.45) is 2.35. The number of hydrogen-bond donors (Lipinski definition) is 0. The number of nitrogens with zero attached hydrogens (tertiary/aromatic N) is 1. The Morgan fingerprint density at radius 3 is 2.28 bits per heavy atom. The molecule has 0 amide bonds. The fourth-order valence-electron chi connectivity index (χ4n) is 4.02. The number of hydrogen-bond acceptors (Lipinski definition) is 1. The molecule has 0 aliphatic carbocycles. The first kappa shape index (κ1) is 16.1. The molecule has 4 rings (SSSR count). The van der Waals surface area contributed by atoms with Gasteiger partial charge in [-0.05, 0) is 40.7 Å². The van der Waals surface area contributed by atoms with Crippen molar-refractivity contribution in [3.8, 4) is 11.1 Å². The third kappa shape index (κ3) is 3.38. The highest BCUT2D eigenvalue weighted by Crippen LogP contribution is 2.33. The molecule has 0 radical (unpaired) electrons. The van der Waals surface area contributed by atoms with E-state index in [1.807, 2.05) is 0 Å². The van der Waals surface area contributed by atoms with Gasteiger partial charge < -0.3 is 0 Å². The van der Waals surface area contributed by atoms with Crippen LogP contribution in [0.5, 0.6) is 0 Å². The molecule has 0 saturated carbocycles. The topological polar surface area (TPSA) is 3.24 Å². The summed E-state index contributed by atoms with van der Waals surface area (Å²) < 4.78 is 0. The molecule has 1 nitrogen and oxygen atoms in total. The van der Waals surface area contributed by atoms with Gasteiger partial charge in [0.05, 0.1) is 0 Å². The van der Waals surface area contributed by atoms with Crippen molar-refractivity contribution in [1.82, 2.24) is 4.90 Å². The smallest absolute Gasteiger partial charge is 0.0249 e. The summed E-state index contributed by atoms with van der Waals surface area (Å²) in [6, 6.07) is 29.1. The van der Waals surface area contributed by atoms with Gasteiger partial charge in [0.15, 0.2) is 0 Å². The van der Waals surface area contributed by atoms with Gasteiger partial charge in [-0.2, -0.15) is 0 Å². The van der Waals surface area contributed by atoms with Crippen LogP contribution in [0.4, 0.5) is 0 Å². The Hall–Kier alpha value is -2.38. The first-order chi connectivity index (χ1) is 12.3. The van der Waals surface area contributed by atoms with E-state index in [9.17, 15) is 0 Å². The summed E-state index contributed by atoms with van der Waals surface area (Å²) in [5.41, 5.74) is 7.16. The van der Waals surface area contributed by atoms with E-state index >= 15 is 0 Å². The van der Waals surface area contributed by atoms with Gasteiger partial charge in [0.2, 0.25) is 0 Å². The molecule has 0 fully saturated rings. The molecule has 0 N–H and O–H groups in total. The van der Waals surface area contributed by atoms with E-state index in [-0.39, 0.29) is 0 Å². The van der Waals surface area contributed by atoms with E-state index in [0.29, 0.717) is 6.04 Å². The highest BCUT2D eigenvalue weighted by atomic mass is 15.2. The Kier molecular flexibility index (Phi) is 4.67. The van der Waals surface area contributed by atoms with Crippen molar-refractivity contribution in [1.29, 1.82) is 0 Å². The minimum absolute atomic E-state index is 0.624. The molecule has 1 heterocycles. The lowest BCUT2D eigenvalue weighted by molar-refractivity contribution is 0.158. The van der Waals surface area contributed by atoms with Gasteiger partial charge in [-0.25, -0.2) is 0 Å². The van der Waals surface area contributed by atoms with Crippen LogP contribution in [0.15, 0.2) is 78.9 Å². The average Bonchev–Trinajstić information content (AvgIpc) is 2.68. The van der Waals surface area contributed by atoms with Crippen molar-refractivity contribution in [3.05, 3.63) is 95.6 Å². The summed E-state index contributed by atoms with van der Waals surface area (Å²) in [5, 5.41) is 0. The summed E-state index contributed by atoms with van der Waals surface area (Å²) >= 11 is 0. The molecular weight excluding hydrogens is 302 g/mol. The van der Waals surface area contributed by atoms with Crippen LogP contribution in [0.2, 0.25) is 0 Å². The highest BCUT2D eigenvalue weighted by molar-refractivity contribution is 5.69. The molecule has 25 heavy (non-hydrogen) atoms. The first-order valence-corrected chi connectivity index (χ1v) is 9.29. The lowest BCUT2D eigenvalue weighted by atomic mass is 9.87. The van der Waals surface area contributed by atoms with Crippen LogP contribution in [0.25, 0.3) is 11.1 Å². The van der Waals surface area contributed by atoms with Gasteiger partial charge in [0.25, 0.3) is 0 Å². The van der Waals surface area contributed by atoms with Gasteiger partial charge in [0.1, 0.15) is 0 Å². The number of fused-ring (bicyclic) bond motifs is 1. The molecule has 0 spiro atoms. The van der Waals surface area contributed by atoms with E-state index in [0.717, 1.165) is 19.5 Å². The maximum atomic E-state index is 2.66. The molecule has 0 saturated heterocycles. The predicted molar refractivity (Wildman–Crippen MR) is 105 cm³/mol. The molecule has 3 aromatic rings. The fourth-order valence-corrected chi connectivity index (χ4v) is 4.02. The van der Waals surface area contributed by atoms with E-state index in [1.165, 1.54) is 34.2 Å². The van der Waals surface area contributed by atoms with Crippen molar-refractivity contribution in [2.45, 2.75) is 38.9 Å². The van der Waals surface area contributed by atoms with E-state index in [2.05, 4.69) is 90.7 Å². The zero-order chi connectivity index (χ0) is 17.1. The minimum atomic E-state index is 0.624. The normalized spacial score (nSPS) is 17.2. The third-order valence-electron chi connectivity index (χ3n) is 5.39. The average molecular weight is 327 g/mol. The second-order valence-corrected chi connectivity index (χ2v) is 6.97. The van der Waals surface area contributed by atoms with Crippen molar-refractivity contribution < 1.29 is 0 Å². The first-order valence-electron chi connectivity index (χ1n) is 9.29. The van der Waals surface area contributed by atoms with Gasteiger partial charge in [0, 0.05) is 19.1 Å². The molecule has 126 valence electrons. The number of benzene rings is 3. The Morgan fingerprint density at radius 1 is 0.840 bits per heavy atom. The van der Waals surface area contributed by atoms with E-state index in [4.69, 9.17) is 0 Å². The molecule has 3 aromatic carbocycles. The SMILES string of the molecule is CCC1Cc2cccc(-c3ccccc3)c2CN1Cc1ccccc1. The molecule has 1 aliphatic rings. The van der Waals surface area contributed by atoms with Crippen LogP contribution in [0.1, 0.15) is 30.0 Å². The quantitative estimate of drug-likeness (QED) is 0.595. The molecule has 1 heteroatoms. The maximum Gasteiger partial charge on any atom is 0.0249 e. The molecular formula is C24H25N. The highest BCUT2D eigenvalue weighted by Gasteiger charge is 2.26. The van der Waals surface area contributed by atoms with Crippen LogP contribution in [0.3, 0.4) is 0 Å². The van der Waals surface area contributed by atoms with Crippen LogP contribution in [0, 0.1) is 0 Å². The lowest BCUT2D eigenvalue weighted by Gasteiger charge is -2.37. The second-order valence-electron chi connectivity index (χ2n) is 6.97. The van der Waals surface area contributed by atoms with Crippen molar-refractivity contribution in [2.75, 3.05) is 0 Å². The van der Waals surface area contributed by atoms with Crippen LogP contribution in [-0.2, 0) is 19.5 Å². The van der Waals surface area contributed by atoms with Crippen LogP contribution < -0.4 is 0 Å². The van der Waals surface area contributed by atoms with Crippen LogP contribution in [-0.4, -0.2) is 10.9 Å². The molecule has 0 bridgehead atoms. The van der Waals surface area contributed by atoms with Crippen molar-refractivity contribution in [2.24, 2.45) is 0 Å². The Labute approximate surface area is 150 Å². The predicted octanol–water partition coefficient (Wildman–Crippen LogP) is 5.69. The lowest BCUT2D eigenvalue weighted by Crippen LogP contribution is -2.39. The zero-order valence-electron chi connectivity index (χ0n) is 14.9. The molecule has 1 atom stereocenters. The number of rotatable bonds is 4. The Balaban J connectivity index is 1.69. The van der Waals surface area contributed by atoms with Gasteiger partial charge in [-0.1, -0.05) is 85.8 Å². The Morgan fingerprint density at radius 2 is 1.56 bits per heavy atom. The standard InChI is InChI=1S/C24H25N/c1-2-22-16-21-14-9-15-23(20-12-7-4-8-13-20)24(21)18-25(22)17-19-10-5-3-6-11-19/h3-15,22H,2,16-18H2,1H3. The van der Waals surface area contributed by atoms with E-state index < -0.39 is 0 Å². The fraction of sp³-hybridized carbons (Fsp3) is 0.250. The van der Waals surface area contributed by atoms with Gasteiger partial charge in [-0.3, -0.25) is 4.90 Å². The largest absolute Gasteiger partial charge is 0.292 e. The summed E-state index contributed by atoms with van der Waals surface area (Å²) in [5.74, 6) is 0. The summed E-state index contributed by atoms with van der Waals surface area (Å²) in [7, 11) is 0. The Bertz CT molecular complexity index is 823.